The number of nitrogens with one attached hydrogen (secondary N) is 1. The standard InChI is InChI=1S/C17H22F2N2O3/c1-4-5-11-8-21(10(2)22)9-13(11)20-17(23)12-6-7-14(24-3)16(19)15(12)18/h6-7,11,13H,4-5,8-9H2,1-3H3,(H,20,23)/t11-,13-/m0/s1. The number of carbonyl (C=O) groups excluding carboxylic acids is 2. The minimum Gasteiger partial charge on any atom is -0.494 e. The Labute approximate surface area is 140 Å². The van der Waals surface area contributed by atoms with Crippen LogP contribution in [0.2, 0.25) is 0 Å². The molecule has 0 aromatic heterocycles. The van der Waals surface area contributed by atoms with Crippen LogP contribution < -0.4 is 10.1 Å². The Kier molecular flexibility index (Phi) is 5.75. The van der Waals surface area contributed by atoms with E-state index in [0.29, 0.717) is 13.1 Å². The van der Waals surface area contributed by atoms with Crippen molar-refractivity contribution in [3.05, 3.63) is 29.3 Å². The number of methoxy groups -OCH3 is 1. The second kappa shape index (κ2) is 7.59. The molecule has 0 spiro atoms. The van der Waals surface area contributed by atoms with Crippen LogP contribution in [0.5, 0.6) is 5.75 Å². The third kappa shape index (κ3) is 3.66. The zero-order valence-electron chi connectivity index (χ0n) is 14.1. The molecular formula is C17H22F2N2O3. The number of carbonyl (C=O) groups is 2. The molecule has 0 aliphatic carbocycles. The molecule has 2 rings (SSSR count). The molecule has 132 valence electrons. The quantitative estimate of drug-likeness (QED) is 0.895. The van der Waals surface area contributed by atoms with Gasteiger partial charge in [-0.15, -0.1) is 0 Å². The lowest BCUT2D eigenvalue weighted by Gasteiger charge is -2.19. The SMILES string of the molecule is CCC[C@H]1CN(C(C)=O)C[C@@H]1NC(=O)c1ccc(OC)c(F)c1F. The number of rotatable bonds is 5. The van der Waals surface area contributed by atoms with Crippen LogP contribution in [0.4, 0.5) is 8.78 Å². The monoisotopic (exact) mass is 340 g/mol. The molecule has 2 atom stereocenters. The van der Waals surface area contributed by atoms with Crippen molar-refractivity contribution in [2.75, 3.05) is 20.2 Å². The number of amides is 2. The minimum absolute atomic E-state index is 0.0606. The first kappa shape index (κ1) is 18.2. The number of nitrogens with zero attached hydrogens (tertiary/aromatic N) is 1. The minimum atomic E-state index is -1.24. The van der Waals surface area contributed by atoms with Crippen LogP contribution in [0.3, 0.4) is 0 Å². The molecule has 1 N–H and O–H groups in total. The molecule has 1 fully saturated rings. The van der Waals surface area contributed by atoms with Gasteiger partial charge >= 0.3 is 0 Å². The second-order valence-corrected chi connectivity index (χ2v) is 6.00. The Morgan fingerprint density at radius 3 is 2.58 bits per heavy atom. The van der Waals surface area contributed by atoms with Crippen molar-refractivity contribution >= 4 is 11.8 Å². The maximum Gasteiger partial charge on any atom is 0.254 e. The van der Waals surface area contributed by atoms with Gasteiger partial charge in [-0.25, -0.2) is 4.39 Å². The molecule has 5 nitrogen and oxygen atoms in total. The van der Waals surface area contributed by atoms with E-state index in [4.69, 9.17) is 4.74 Å². The summed E-state index contributed by atoms with van der Waals surface area (Å²) in [4.78, 5) is 25.6. The van der Waals surface area contributed by atoms with Crippen molar-refractivity contribution in [3.8, 4) is 5.75 Å². The van der Waals surface area contributed by atoms with E-state index in [-0.39, 0.29) is 29.2 Å². The van der Waals surface area contributed by atoms with Gasteiger partial charge in [0.25, 0.3) is 5.91 Å². The van der Waals surface area contributed by atoms with Crippen LogP contribution in [0.1, 0.15) is 37.0 Å². The van der Waals surface area contributed by atoms with E-state index < -0.39 is 17.5 Å². The number of hydrogen-bond acceptors (Lipinski definition) is 3. The van der Waals surface area contributed by atoms with Crippen molar-refractivity contribution in [1.29, 1.82) is 0 Å². The van der Waals surface area contributed by atoms with E-state index in [1.165, 1.54) is 26.2 Å². The zero-order valence-corrected chi connectivity index (χ0v) is 14.1. The van der Waals surface area contributed by atoms with Gasteiger partial charge in [-0.1, -0.05) is 13.3 Å². The number of halogens is 2. The van der Waals surface area contributed by atoms with Gasteiger partial charge in [0, 0.05) is 20.0 Å². The molecule has 1 aromatic rings. The van der Waals surface area contributed by atoms with Crippen LogP contribution in [-0.4, -0.2) is 43.0 Å². The van der Waals surface area contributed by atoms with Crippen molar-refractivity contribution in [2.45, 2.75) is 32.7 Å². The maximum absolute atomic E-state index is 14.0. The lowest BCUT2D eigenvalue weighted by molar-refractivity contribution is -0.128. The van der Waals surface area contributed by atoms with Crippen LogP contribution in [0.15, 0.2) is 12.1 Å². The van der Waals surface area contributed by atoms with Crippen LogP contribution >= 0.6 is 0 Å². The van der Waals surface area contributed by atoms with Crippen molar-refractivity contribution in [2.24, 2.45) is 5.92 Å². The number of benzene rings is 1. The number of ether oxygens (including phenoxy) is 1. The van der Waals surface area contributed by atoms with Crippen LogP contribution in [0, 0.1) is 17.6 Å². The molecule has 7 heteroatoms. The summed E-state index contributed by atoms with van der Waals surface area (Å²) in [6, 6.07) is 2.14. The molecule has 1 heterocycles. The van der Waals surface area contributed by atoms with Crippen molar-refractivity contribution < 1.29 is 23.1 Å². The maximum atomic E-state index is 14.0. The number of hydrogen-bond donors (Lipinski definition) is 1. The fourth-order valence-electron chi connectivity index (χ4n) is 3.07. The summed E-state index contributed by atoms with van der Waals surface area (Å²) in [6.45, 7) is 4.44. The average Bonchev–Trinajstić information content (AvgIpc) is 2.93. The van der Waals surface area contributed by atoms with Gasteiger partial charge in [-0.3, -0.25) is 9.59 Å². The normalized spacial score (nSPS) is 20.1. The third-order valence-corrected chi connectivity index (χ3v) is 4.37. The summed E-state index contributed by atoms with van der Waals surface area (Å²) in [5.41, 5.74) is -0.371. The van der Waals surface area contributed by atoms with E-state index in [2.05, 4.69) is 5.32 Å². The summed E-state index contributed by atoms with van der Waals surface area (Å²) in [7, 11) is 1.22. The lowest BCUT2D eigenvalue weighted by atomic mass is 9.98. The van der Waals surface area contributed by atoms with Crippen LogP contribution in [-0.2, 0) is 4.79 Å². The van der Waals surface area contributed by atoms with Crippen molar-refractivity contribution in [1.82, 2.24) is 10.2 Å². The van der Waals surface area contributed by atoms with Crippen LogP contribution in [0.25, 0.3) is 0 Å². The van der Waals surface area contributed by atoms with Gasteiger partial charge in [0.15, 0.2) is 11.6 Å². The summed E-state index contributed by atoms with van der Waals surface area (Å²) < 4.78 is 32.5. The van der Waals surface area contributed by atoms with Gasteiger partial charge in [0.1, 0.15) is 0 Å². The first-order valence-corrected chi connectivity index (χ1v) is 7.97. The predicted octanol–water partition coefficient (Wildman–Crippen LogP) is 2.35. The first-order chi connectivity index (χ1) is 11.4. The summed E-state index contributed by atoms with van der Waals surface area (Å²) in [5.74, 6) is -3.32. The highest BCUT2D eigenvalue weighted by Crippen LogP contribution is 2.25. The molecule has 1 aromatic carbocycles. The molecule has 1 saturated heterocycles. The molecule has 1 aliphatic rings. The summed E-state index contributed by atoms with van der Waals surface area (Å²) >= 11 is 0. The molecular weight excluding hydrogens is 318 g/mol. The first-order valence-electron chi connectivity index (χ1n) is 7.97. The molecule has 0 saturated carbocycles. The molecule has 2 amide bonds. The average molecular weight is 340 g/mol. The van der Waals surface area contributed by atoms with E-state index in [1.54, 1.807) is 4.90 Å². The molecule has 0 unspecified atom stereocenters. The Morgan fingerprint density at radius 2 is 2.00 bits per heavy atom. The smallest absolute Gasteiger partial charge is 0.254 e. The topological polar surface area (TPSA) is 58.6 Å². The second-order valence-electron chi connectivity index (χ2n) is 6.00. The molecule has 0 bridgehead atoms. The van der Waals surface area contributed by atoms with Gasteiger partial charge in [-0.2, -0.15) is 4.39 Å². The van der Waals surface area contributed by atoms with E-state index in [9.17, 15) is 18.4 Å². The van der Waals surface area contributed by atoms with Gasteiger partial charge < -0.3 is 15.0 Å². The highest BCUT2D eigenvalue weighted by atomic mass is 19.2. The fraction of sp³-hybridized carbons (Fsp3) is 0.529. The van der Waals surface area contributed by atoms with E-state index in [1.807, 2.05) is 6.92 Å². The third-order valence-electron chi connectivity index (χ3n) is 4.37. The molecule has 24 heavy (non-hydrogen) atoms. The molecule has 1 aliphatic heterocycles. The fourth-order valence-corrected chi connectivity index (χ4v) is 3.07. The number of likely N-dealkylation sites (tertiary alicyclic amines) is 1. The van der Waals surface area contributed by atoms with Crippen molar-refractivity contribution in [3.63, 3.8) is 0 Å². The summed E-state index contributed by atoms with van der Waals surface area (Å²) in [5, 5.41) is 2.74. The lowest BCUT2D eigenvalue weighted by Crippen LogP contribution is -2.41. The molecule has 0 radical (unpaired) electrons. The van der Waals surface area contributed by atoms with E-state index >= 15 is 0 Å². The Hall–Kier alpha value is -2.18. The zero-order chi connectivity index (χ0) is 17.9. The van der Waals surface area contributed by atoms with Gasteiger partial charge in [-0.05, 0) is 24.5 Å². The van der Waals surface area contributed by atoms with Gasteiger partial charge in [0.05, 0.1) is 18.7 Å². The Bertz CT molecular complexity index is 637. The van der Waals surface area contributed by atoms with E-state index in [0.717, 1.165) is 12.8 Å². The Balaban J connectivity index is 2.16. The predicted molar refractivity (Wildman–Crippen MR) is 84.8 cm³/mol. The highest BCUT2D eigenvalue weighted by Gasteiger charge is 2.35. The van der Waals surface area contributed by atoms with Gasteiger partial charge in [0.2, 0.25) is 11.7 Å². The Morgan fingerprint density at radius 1 is 1.29 bits per heavy atom. The summed E-state index contributed by atoms with van der Waals surface area (Å²) in [6.07, 6.45) is 1.75. The highest BCUT2D eigenvalue weighted by molar-refractivity contribution is 5.95. The largest absolute Gasteiger partial charge is 0.494 e.